The van der Waals surface area contributed by atoms with E-state index in [2.05, 4.69) is 35.0 Å². The molecule has 1 heterocycles. The van der Waals surface area contributed by atoms with Crippen LogP contribution in [0, 0.1) is 5.92 Å². The smallest absolute Gasteiger partial charge is 0.0480 e. The first-order chi connectivity index (χ1) is 7.86. The number of aromatic nitrogens is 1. The molecule has 84 valence electrons. The normalized spacial score (nSPS) is 15.8. The molecule has 2 N–H and O–H groups in total. The van der Waals surface area contributed by atoms with E-state index in [1.165, 1.54) is 35.7 Å². The molecule has 1 aromatic carbocycles. The van der Waals surface area contributed by atoms with Crippen LogP contribution in [0.15, 0.2) is 30.5 Å². The molecule has 1 aliphatic carbocycles. The number of nitrogens with zero attached hydrogens (tertiary/aromatic N) is 1. The zero-order valence-electron chi connectivity index (χ0n) is 9.52. The quantitative estimate of drug-likeness (QED) is 0.833. The van der Waals surface area contributed by atoms with Crippen molar-refractivity contribution in [3.63, 3.8) is 0 Å². The highest BCUT2D eigenvalue weighted by Gasteiger charge is 2.20. The molecule has 16 heavy (non-hydrogen) atoms. The molecular formula is C14H18N2. The van der Waals surface area contributed by atoms with Crippen LogP contribution in [0.1, 0.15) is 24.8 Å². The van der Waals surface area contributed by atoms with Crippen LogP contribution in [0.25, 0.3) is 10.9 Å². The predicted octanol–water partition coefficient (Wildman–Crippen LogP) is 2.90. The fourth-order valence-corrected chi connectivity index (χ4v) is 2.30. The van der Waals surface area contributed by atoms with Gasteiger partial charge in [-0.15, -0.1) is 0 Å². The number of fused-ring (bicyclic) bond motifs is 1. The van der Waals surface area contributed by atoms with Crippen LogP contribution in [0.5, 0.6) is 0 Å². The van der Waals surface area contributed by atoms with E-state index in [-0.39, 0.29) is 0 Å². The van der Waals surface area contributed by atoms with E-state index >= 15 is 0 Å². The van der Waals surface area contributed by atoms with Crippen molar-refractivity contribution in [1.82, 2.24) is 4.57 Å². The van der Waals surface area contributed by atoms with Crippen molar-refractivity contribution >= 4 is 10.9 Å². The Kier molecular flexibility index (Phi) is 2.44. The Morgan fingerprint density at radius 1 is 1.25 bits per heavy atom. The summed E-state index contributed by atoms with van der Waals surface area (Å²) in [7, 11) is 0. The Bertz CT molecular complexity index is 494. The maximum absolute atomic E-state index is 5.65. The summed E-state index contributed by atoms with van der Waals surface area (Å²) in [4.78, 5) is 0. The topological polar surface area (TPSA) is 30.9 Å². The van der Waals surface area contributed by atoms with Gasteiger partial charge in [0.1, 0.15) is 0 Å². The van der Waals surface area contributed by atoms with Gasteiger partial charge in [0.25, 0.3) is 0 Å². The highest BCUT2D eigenvalue weighted by molar-refractivity contribution is 5.80. The zero-order chi connectivity index (χ0) is 11.0. The number of rotatable bonds is 4. The number of nitrogens with two attached hydrogens (primary N) is 1. The lowest BCUT2D eigenvalue weighted by Crippen LogP contribution is -1.98. The van der Waals surface area contributed by atoms with Gasteiger partial charge in [0.15, 0.2) is 0 Å². The zero-order valence-corrected chi connectivity index (χ0v) is 9.52. The van der Waals surface area contributed by atoms with E-state index in [9.17, 15) is 0 Å². The second-order valence-electron chi connectivity index (χ2n) is 4.84. The molecule has 1 aromatic heterocycles. The minimum absolute atomic E-state index is 0.628. The number of benzene rings is 1. The number of hydrogen-bond donors (Lipinski definition) is 1. The SMILES string of the molecule is NCc1ccc2c(ccn2CCC2CC2)c1. The van der Waals surface area contributed by atoms with Crippen molar-refractivity contribution in [1.29, 1.82) is 0 Å². The minimum Gasteiger partial charge on any atom is -0.347 e. The van der Waals surface area contributed by atoms with Gasteiger partial charge >= 0.3 is 0 Å². The first-order valence-electron chi connectivity index (χ1n) is 6.14. The molecule has 0 atom stereocenters. The van der Waals surface area contributed by atoms with E-state index < -0.39 is 0 Å². The standard InChI is InChI=1S/C14H18N2/c15-10-12-3-4-14-13(9-12)6-8-16(14)7-5-11-1-2-11/h3-4,6,8-9,11H,1-2,5,7,10,15H2. The number of aryl methyl sites for hydroxylation is 1. The van der Waals surface area contributed by atoms with Crippen LogP contribution in [0.4, 0.5) is 0 Å². The lowest BCUT2D eigenvalue weighted by molar-refractivity contribution is 0.611. The van der Waals surface area contributed by atoms with Gasteiger partial charge in [-0.3, -0.25) is 0 Å². The predicted molar refractivity (Wildman–Crippen MR) is 67.2 cm³/mol. The monoisotopic (exact) mass is 214 g/mol. The Hall–Kier alpha value is -1.28. The van der Waals surface area contributed by atoms with E-state index in [0.29, 0.717) is 6.54 Å². The largest absolute Gasteiger partial charge is 0.347 e. The summed E-state index contributed by atoms with van der Waals surface area (Å²) >= 11 is 0. The van der Waals surface area contributed by atoms with Crippen LogP contribution < -0.4 is 5.73 Å². The highest BCUT2D eigenvalue weighted by Crippen LogP contribution is 2.33. The lowest BCUT2D eigenvalue weighted by atomic mass is 10.1. The Labute approximate surface area is 96.1 Å². The first-order valence-corrected chi connectivity index (χ1v) is 6.14. The Morgan fingerprint density at radius 2 is 2.12 bits per heavy atom. The lowest BCUT2D eigenvalue weighted by Gasteiger charge is -2.05. The third-order valence-corrected chi connectivity index (χ3v) is 3.55. The molecular weight excluding hydrogens is 196 g/mol. The molecule has 1 saturated carbocycles. The van der Waals surface area contributed by atoms with Crippen molar-refractivity contribution in [2.75, 3.05) is 0 Å². The van der Waals surface area contributed by atoms with Gasteiger partial charge in [0.2, 0.25) is 0 Å². The van der Waals surface area contributed by atoms with E-state index in [0.717, 1.165) is 12.5 Å². The maximum Gasteiger partial charge on any atom is 0.0480 e. The van der Waals surface area contributed by atoms with Crippen molar-refractivity contribution in [3.05, 3.63) is 36.0 Å². The van der Waals surface area contributed by atoms with Gasteiger partial charge in [-0.25, -0.2) is 0 Å². The molecule has 0 spiro atoms. The van der Waals surface area contributed by atoms with Gasteiger partial charge in [-0.05, 0) is 41.5 Å². The van der Waals surface area contributed by atoms with Crippen LogP contribution in [-0.2, 0) is 13.1 Å². The van der Waals surface area contributed by atoms with E-state index in [1.54, 1.807) is 0 Å². The van der Waals surface area contributed by atoms with Gasteiger partial charge in [-0.1, -0.05) is 18.9 Å². The fraction of sp³-hybridized carbons (Fsp3) is 0.429. The molecule has 2 nitrogen and oxygen atoms in total. The van der Waals surface area contributed by atoms with Crippen molar-refractivity contribution in [2.24, 2.45) is 11.7 Å². The van der Waals surface area contributed by atoms with Gasteiger partial charge in [0.05, 0.1) is 0 Å². The molecule has 2 aromatic rings. The second-order valence-corrected chi connectivity index (χ2v) is 4.84. The van der Waals surface area contributed by atoms with Crippen LogP contribution in [-0.4, -0.2) is 4.57 Å². The van der Waals surface area contributed by atoms with Crippen LogP contribution >= 0.6 is 0 Å². The second kappa shape index (κ2) is 3.95. The van der Waals surface area contributed by atoms with Crippen molar-refractivity contribution < 1.29 is 0 Å². The summed E-state index contributed by atoms with van der Waals surface area (Å²) in [6.07, 6.45) is 6.42. The molecule has 0 amide bonds. The van der Waals surface area contributed by atoms with Gasteiger partial charge < -0.3 is 10.3 Å². The fourth-order valence-electron chi connectivity index (χ4n) is 2.30. The average molecular weight is 214 g/mol. The molecule has 0 unspecified atom stereocenters. The summed E-state index contributed by atoms with van der Waals surface area (Å²) in [6.45, 7) is 1.79. The summed E-state index contributed by atoms with van der Waals surface area (Å²) in [6, 6.07) is 8.73. The molecule has 1 fully saturated rings. The Morgan fingerprint density at radius 3 is 2.88 bits per heavy atom. The average Bonchev–Trinajstić information content (AvgIpc) is 3.06. The van der Waals surface area contributed by atoms with Gasteiger partial charge in [0, 0.05) is 24.8 Å². The van der Waals surface area contributed by atoms with Crippen molar-refractivity contribution in [3.8, 4) is 0 Å². The first kappa shape index (κ1) is 9.91. The Balaban J connectivity index is 1.87. The summed E-state index contributed by atoms with van der Waals surface area (Å²) in [5, 5.41) is 1.32. The third kappa shape index (κ3) is 1.85. The molecule has 3 rings (SSSR count). The third-order valence-electron chi connectivity index (χ3n) is 3.55. The maximum atomic E-state index is 5.65. The van der Waals surface area contributed by atoms with Crippen LogP contribution in [0.3, 0.4) is 0 Å². The molecule has 1 aliphatic rings. The minimum atomic E-state index is 0.628. The molecule has 2 heteroatoms. The summed E-state index contributed by atoms with van der Waals surface area (Å²) in [5.41, 5.74) is 8.21. The number of hydrogen-bond acceptors (Lipinski definition) is 1. The van der Waals surface area contributed by atoms with Gasteiger partial charge in [-0.2, -0.15) is 0 Å². The van der Waals surface area contributed by atoms with Crippen molar-refractivity contribution in [2.45, 2.75) is 32.4 Å². The summed E-state index contributed by atoms with van der Waals surface area (Å²) in [5.74, 6) is 1.00. The highest BCUT2D eigenvalue weighted by atomic mass is 14.9. The summed E-state index contributed by atoms with van der Waals surface area (Å²) < 4.78 is 2.37. The van der Waals surface area contributed by atoms with Crippen LogP contribution in [0.2, 0.25) is 0 Å². The molecule has 0 radical (unpaired) electrons. The van der Waals surface area contributed by atoms with E-state index in [1.807, 2.05) is 0 Å². The van der Waals surface area contributed by atoms with E-state index in [4.69, 9.17) is 5.73 Å². The molecule has 0 saturated heterocycles. The molecule has 0 bridgehead atoms. The molecule has 0 aliphatic heterocycles.